The average Bonchev–Trinajstić information content (AvgIpc) is 2.69. The van der Waals surface area contributed by atoms with Crippen molar-refractivity contribution in [3.63, 3.8) is 0 Å². The van der Waals surface area contributed by atoms with Crippen molar-refractivity contribution in [1.82, 2.24) is 0 Å². The van der Waals surface area contributed by atoms with Gasteiger partial charge >= 0.3 is 12.3 Å². The Morgan fingerprint density at radius 2 is 1.62 bits per heavy atom. The standard InChI is InChI=1S/C26H33F3O3/c1-17(2)14-20-8-7-9-23(32-26(27,28)29)22(20)15-25(5,16-24(30)31-6)21-12-10-19(11-13-21)18(3)4/h7-13,17-18H,14-16H2,1-6H3. The Bertz CT molecular complexity index is 902. The van der Waals surface area contributed by atoms with Crippen molar-refractivity contribution in [2.45, 2.75) is 71.6 Å². The lowest BCUT2D eigenvalue weighted by Gasteiger charge is -2.32. The number of methoxy groups -OCH3 is 1. The zero-order chi connectivity index (χ0) is 24.1. The molecule has 0 radical (unpaired) electrons. The van der Waals surface area contributed by atoms with Crippen molar-refractivity contribution in [2.75, 3.05) is 7.11 Å². The normalized spacial score (nSPS) is 13.8. The summed E-state index contributed by atoms with van der Waals surface area (Å²) in [5.74, 6) is -0.0489. The first-order valence-corrected chi connectivity index (χ1v) is 10.9. The second kappa shape index (κ2) is 10.4. The summed E-state index contributed by atoms with van der Waals surface area (Å²) < 4.78 is 48.8. The van der Waals surface area contributed by atoms with Gasteiger partial charge in [0, 0.05) is 5.41 Å². The molecule has 0 fully saturated rings. The molecule has 2 aromatic rings. The van der Waals surface area contributed by atoms with Gasteiger partial charge in [0.25, 0.3) is 0 Å². The SMILES string of the molecule is COC(=O)CC(C)(Cc1c(CC(C)C)cccc1OC(F)(F)F)c1ccc(C(C)C)cc1. The number of ether oxygens (including phenoxy) is 2. The Kier molecular flexibility index (Phi) is 8.38. The molecule has 0 aliphatic rings. The van der Waals surface area contributed by atoms with Gasteiger partial charge in [-0.3, -0.25) is 4.79 Å². The smallest absolute Gasteiger partial charge is 0.469 e. The van der Waals surface area contributed by atoms with Crippen LogP contribution in [-0.2, 0) is 27.8 Å². The highest BCUT2D eigenvalue weighted by Crippen LogP contribution is 2.39. The molecule has 0 aliphatic heterocycles. The van der Waals surface area contributed by atoms with Crippen molar-refractivity contribution in [2.24, 2.45) is 5.92 Å². The van der Waals surface area contributed by atoms with Crippen LogP contribution >= 0.6 is 0 Å². The molecule has 3 nitrogen and oxygen atoms in total. The highest BCUT2D eigenvalue weighted by Gasteiger charge is 2.36. The minimum absolute atomic E-state index is 0.0337. The Morgan fingerprint density at radius 1 is 1.00 bits per heavy atom. The average molecular weight is 451 g/mol. The highest BCUT2D eigenvalue weighted by molar-refractivity contribution is 5.71. The lowest BCUT2D eigenvalue weighted by Crippen LogP contribution is -2.30. The van der Waals surface area contributed by atoms with E-state index in [4.69, 9.17) is 4.74 Å². The zero-order valence-electron chi connectivity index (χ0n) is 19.7. The van der Waals surface area contributed by atoms with E-state index in [9.17, 15) is 18.0 Å². The Morgan fingerprint density at radius 3 is 2.12 bits per heavy atom. The third-order valence-electron chi connectivity index (χ3n) is 5.69. The number of carbonyl (C=O) groups excluding carboxylic acids is 1. The number of hydrogen-bond donors (Lipinski definition) is 0. The molecule has 176 valence electrons. The summed E-state index contributed by atoms with van der Waals surface area (Å²) in [6.45, 7) is 10.1. The third-order valence-corrected chi connectivity index (χ3v) is 5.69. The molecule has 32 heavy (non-hydrogen) atoms. The van der Waals surface area contributed by atoms with Crippen LogP contribution in [0, 0.1) is 5.92 Å². The maximum atomic E-state index is 13.2. The number of alkyl halides is 3. The molecular formula is C26H33F3O3. The summed E-state index contributed by atoms with van der Waals surface area (Å²) in [6, 6.07) is 12.7. The van der Waals surface area contributed by atoms with Gasteiger partial charge in [0.1, 0.15) is 5.75 Å². The minimum atomic E-state index is -4.80. The van der Waals surface area contributed by atoms with E-state index in [0.717, 1.165) is 16.7 Å². The molecule has 0 heterocycles. The maximum absolute atomic E-state index is 13.2. The molecule has 6 heteroatoms. The first-order chi connectivity index (χ1) is 14.8. The second-order valence-electron chi connectivity index (χ2n) is 9.31. The van der Waals surface area contributed by atoms with Crippen LogP contribution in [0.2, 0.25) is 0 Å². The molecule has 1 atom stereocenters. The van der Waals surface area contributed by atoms with E-state index in [-0.39, 0.29) is 24.5 Å². The van der Waals surface area contributed by atoms with Crippen molar-refractivity contribution in [3.8, 4) is 5.75 Å². The van der Waals surface area contributed by atoms with E-state index in [2.05, 4.69) is 18.6 Å². The molecule has 1 unspecified atom stereocenters. The van der Waals surface area contributed by atoms with Crippen LogP contribution in [0.15, 0.2) is 42.5 Å². The fourth-order valence-corrected chi connectivity index (χ4v) is 3.98. The van der Waals surface area contributed by atoms with Gasteiger partial charge in [-0.15, -0.1) is 13.2 Å². The summed E-state index contributed by atoms with van der Waals surface area (Å²) in [4.78, 5) is 12.3. The van der Waals surface area contributed by atoms with E-state index in [1.165, 1.54) is 13.2 Å². The monoisotopic (exact) mass is 450 g/mol. The van der Waals surface area contributed by atoms with E-state index >= 15 is 0 Å². The largest absolute Gasteiger partial charge is 0.573 e. The Hall–Kier alpha value is -2.50. The van der Waals surface area contributed by atoms with Crippen molar-refractivity contribution in [3.05, 3.63) is 64.7 Å². The number of carbonyl (C=O) groups is 1. The van der Waals surface area contributed by atoms with E-state index in [0.29, 0.717) is 17.9 Å². The minimum Gasteiger partial charge on any atom is -0.469 e. The number of halogens is 3. The molecule has 0 saturated heterocycles. The fraction of sp³-hybridized carbons (Fsp3) is 0.500. The lowest BCUT2D eigenvalue weighted by molar-refractivity contribution is -0.275. The second-order valence-corrected chi connectivity index (χ2v) is 9.31. The third kappa shape index (κ3) is 7.01. The first-order valence-electron chi connectivity index (χ1n) is 10.9. The summed E-state index contributed by atoms with van der Waals surface area (Å²) >= 11 is 0. The van der Waals surface area contributed by atoms with Crippen LogP contribution in [0.4, 0.5) is 13.2 Å². The maximum Gasteiger partial charge on any atom is 0.573 e. The van der Waals surface area contributed by atoms with Gasteiger partial charge in [0.15, 0.2) is 0 Å². The summed E-state index contributed by atoms with van der Waals surface area (Å²) in [7, 11) is 1.31. The van der Waals surface area contributed by atoms with Crippen LogP contribution < -0.4 is 4.74 Å². The molecule has 0 bridgehead atoms. The predicted octanol–water partition coefficient (Wildman–Crippen LogP) is 6.97. The molecule has 0 amide bonds. The quantitative estimate of drug-likeness (QED) is 0.387. The number of rotatable bonds is 9. The molecule has 0 aromatic heterocycles. The molecular weight excluding hydrogens is 417 g/mol. The van der Waals surface area contributed by atoms with Crippen LogP contribution in [0.5, 0.6) is 5.75 Å². The summed E-state index contributed by atoms with van der Waals surface area (Å²) in [6.07, 6.45) is -3.96. The van der Waals surface area contributed by atoms with Gasteiger partial charge in [0.2, 0.25) is 0 Å². The van der Waals surface area contributed by atoms with Gasteiger partial charge in [0.05, 0.1) is 13.5 Å². The summed E-state index contributed by atoms with van der Waals surface area (Å²) in [5, 5.41) is 0. The first kappa shape index (κ1) is 25.8. The van der Waals surface area contributed by atoms with Crippen molar-refractivity contribution in [1.29, 1.82) is 0 Å². The van der Waals surface area contributed by atoms with Crippen molar-refractivity contribution >= 4 is 5.97 Å². The number of esters is 1. The molecule has 0 saturated carbocycles. The van der Waals surface area contributed by atoms with Crippen molar-refractivity contribution < 1.29 is 27.4 Å². The van der Waals surface area contributed by atoms with E-state index < -0.39 is 17.7 Å². The van der Waals surface area contributed by atoms with Crippen LogP contribution in [0.3, 0.4) is 0 Å². The number of hydrogen-bond acceptors (Lipinski definition) is 3. The molecule has 0 N–H and O–H groups in total. The molecule has 0 aliphatic carbocycles. The molecule has 2 rings (SSSR count). The topological polar surface area (TPSA) is 35.5 Å². The van der Waals surface area contributed by atoms with Gasteiger partial charge in [-0.05, 0) is 53.0 Å². The molecule has 0 spiro atoms. The fourth-order valence-electron chi connectivity index (χ4n) is 3.98. The van der Waals surface area contributed by atoms with Gasteiger partial charge in [-0.25, -0.2) is 0 Å². The Labute approximate surface area is 188 Å². The van der Waals surface area contributed by atoms with Gasteiger partial charge < -0.3 is 9.47 Å². The van der Waals surface area contributed by atoms with Crippen LogP contribution in [0.1, 0.15) is 69.2 Å². The summed E-state index contributed by atoms with van der Waals surface area (Å²) in [5.41, 5.74) is 2.49. The lowest BCUT2D eigenvalue weighted by atomic mass is 9.73. The van der Waals surface area contributed by atoms with E-state index in [1.54, 1.807) is 6.07 Å². The van der Waals surface area contributed by atoms with Crippen LogP contribution in [0.25, 0.3) is 0 Å². The predicted molar refractivity (Wildman–Crippen MR) is 120 cm³/mol. The molecule has 2 aromatic carbocycles. The zero-order valence-corrected chi connectivity index (χ0v) is 19.7. The number of benzene rings is 2. The highest BCUT2D eigenvalue weighted by atomic mass is 19.4. The van der Waals surface area contributed by atoms with Gasteiger partial charge in [-0.1, -0.05) is 71.0 Å². The van der Waals surface area contributed by atoms with Crippen LogP contribution in [-0.4, -0.2) is 19.4 Å². The Balaban J connectivity index is 2.59. The van der Waals surface area contributed by atoms with Gasteiger partial charge in [-0.2, -0.15) is 0 Å². The van der Waals surface area contributed by atoms with E-state index in [1.807, 2.05) is 51.1 Å².